The molecule has 2 saturated carbocycles. The van der Waals surface area contributed by atoms with Gasteiger partial charge in [-0.25, -0.2) is 0 Å². The number of piperidine rings is 1. The molecule has 1 aliphatic heterocycles. The Morgan fingerprint density at radius 3 is 2.28 bits per heavy atom. The predicted octanol–water partition coefficient (Wildman–Crippen LogP) is 2.29. The fourth-order valence-corrected chi connectivity index (χ4v) is 3.55. The highest BCUT2D eigenvalue weighted by Crippen LogP contribution is 2.44. The van der Waals surface area contributed by atoms with Gasteiger partial charge in [0, 0.05) is 25.0 Å². The zero-order valence-corrected chi connectivity index (χ0v) is 11.3. The lowest BCUT2D eigenvalue weighted by atomic mass is 9.66. The molecule has 3 heteroatoms. The van der Waals surface area contributed by atoms with E-state index in [1.165, 1.54) is 64.6 Å². The summed E-state index contributed by atoms with van der Waals surface area (Å²) in [4.78, 5) is 2.61. The monoisotopic (exact) mass is 247 g/mol. The van der Waals surface area contributed by atoms with Crippen molar-refractivity contribution >= 4 is 0 Å². The van der Waals surface area contributed by atoms with Crippen LogP contribution in [0, 0.1) is 16.7 Å². The molecule has 18 heavy (non-hydrogen) atoms. The standard InChI is InChI=1S/C15H25N3/c16-9-8-15(6-1-7-15)12-18-10-4-14(5-11-18)17-13-2-3-13/h13-14,17H,1-8,10-12H2. The first-order valence-corrected chi connectivity index (χ1v) is 7.65. The van der Waals surface area contributed by atoms with E-state index >= 15 is 0 Å². The minimum Gasteiger partial charge on any atom is -0.311 e. The van der Waals surface area contributed by atoms with Gasteiger partial charge in [0.1, 0.15) is 0 Å². The maximum atomic E-state index is 8.97. The van der Waals surface area contributed by atoms with Gasteiger partial charge in [-0.15, -0.1) is 0 Å². The Labute approximate surface area is 111 Å². The Balaban J connectivity index is 1.43. The SMILES string of the molecule is N#CCC1(CN2CCC(NC3CC3)CC2)CCC1. The van der Waals surface area contributed by atoms with Crippen LogP contribution in [0.1, 0.15) is 51.4 Å². The zero-order chi connectivity index (χ0) is 12.4. The Bertz CT molecular complexity index is 317. The van der Waals surface area contributed by atoms with E-state index < -0.39 is 0 Å². The molecule has 1 N–H and O–H groups in total. The molecule has 0 aromatic heterocycles. The maximum absolute atomic E-state index is 8.97. The van der Waals surface area contributed by atoms with Gasteiger partial charge >= 0.3 is 0 Å². The van der Waals surface area contributed by atoms with E-state index in [1.54, 1.807) is 0 Å². The van der Waals surface area contributed by atoms with E-state index in [0.29, 0.717) is 5.41 Å². The van der Waals surface area contributed by atoms with Gasteiger partial charge in [0.25, 0.3) is 0 Å². The second kappa shape index (κ2) is 5.19. The van der Waals surface area contributed by atoms with Crippen molar-refractivity contribution in [3.05, 3.63) is 0 Å². The molecule has 0 amide bonds. The summed E-state index contributed by atoms with van der Waals surface area (Å²) in [6.07, 6.45) is 10.1. The fraction of sp³-hybridized carbons (Fsp3) is 0.933. The molecule has 0 bridgehead atoms. The first-order chi connectivity index (χ1) is 8.80. The molecular formula is C15H25N3. The number of nitrogens with one attached hydrogen (secondary N) is 1. The Kier molecular flexibility index (Phi) is 3.59. The predicted molar refractivity (Wildman–Crippen MR) is 72.1 cm³/mol. The molecule has 100 valence electrons. The molecule has 0 atom stereocenters. The molecule has 0 radical (unpaired) electrons. The summed E-state index contributed by atoms with van der Waals surface area (Å²) in [5, 5.41) is 12.7. The summed E-state index contributed by atoms with van der Waals surface area (Å²) >= 11 is 0. The zero-order valence-electron chi connectivity index (χ0n) is 11.3. The van der Waals surface area contributed by atoms with Gasteiger partial charge < -0.3 is 10.2 Å². The van der Waals surface area contributed by atoms with E-state index in [2.05, 4.69) is 16.3 Å². The lowest BCUT2D eigenvalue weighted by molar-refractivity contribution is 0.0557. The average Bonchev–Trinajstić information content (AvgIpc) is 3.13. The third-order valence-corrected chi connectivity index (χ3v) is 5.06. The number of nitrogens with zero attached hydrogens (tertiary/aromatic N) is 2. The van der Waals surface area contributed by atoms with Crippen molar-refractivity contribution in [2.24, 2.45) is 5.41 Å². The summed E-state index contributed by atoms with van der Waals surface area (Å²) in [7, 11) is 0. The normalized spacial score (nSPS) is 28.6. The molecule has 0 spiro atoms. The highest BCUT2D eigenvalue weighted by atomic mass is 15.2. The number of hydrogen-bond donors (Lipinski definition) is 1. The number of rotatable bonds is 5. The number of hydrogen-bond acceptors (Lipinski definition) is 3. The number of nitriles is 1. The molecule has 0 unspecified atom stereocenters. The van der Waals surface area contributed by atoms with E-state index in [9.17, 15) is 0 Å². The maximum Gasteiger partial charge on any atom is 0.0628 e. The van der Waals surface area contributed by atoms with Crippen molar-refractivity contribution in [3.63, 3.8) is 0 Å². The molecule has 3 aliphatic rings. The highest BCUT2D eigenvalue weighted by molar-refractivity contribution is 4.97. The number of likely N-dealkylation sites (tertiary alicyclic amines) is 1. The molecule has 0 aromatic carbocycles. The lowest BCUT2D eigenvalue weighted by Gasteiger charge is -2.45. The Hall–Kier alpha value is -0.590. The smallest absolute Gasteiger partial charge is 0.0628 e. The minimum absolute atomic E-state index is 0.367. The van der Waals surface area contributed by atoms with Crippen LogP contribution in [0.25, 0.3) is 0 Å². The summed E-state index contributed by atoms with van der Waals surface area (Å²) in [5.41, 5.74) is 0.367. The summed E-state index contributed by atoms with van der Waals surface area (Å²) < 4.78 is 0. The van der Waals surface area contributed by atoms with Crippen molar-refractivity contribution in [3.8, 4) is 6.07 Å². The van der Waals surface area contributed by atoms with Crippen LogP contribution in [0.5, 0.6) is 0 Å². The summed E-state index contributed by atoms with van der Waals surface area (Å²) in [6, 6.07) is 4.02. The minimum atomic E-state index is 0.367. The van der Waals surface area contributed by atoms with Crippen LogP contribution in [0.4, 0.5) is 0 Å². The van der Waals surface area contributed by atoms with Gasteiger partial charge in [0.15, 0.2) is 0 Å². The van der Waals surface area contributed by atoms with Crippen molar-refractivity contribution < 1.29 is 0 Å². The van der Waals surface area contributed by atoms with Crippen LogP contribution in [0.15, 0.2) is 0 Å². The first-order valence-electron chi connectivity index (χ1n) is 7.65. The summed E-state index contributed by atoms with van der Waals surface area (Å²) in [5.74, 6) is 0. The lowest BCUT2D eigenvalue weighted by Crippen LogP contribution is -2.48. The van der Waals surface area contributed by atoms with E-state index in [-0.39, 0.29) is 0 Å². The molecule has 2 aliphatic carbocycles. The van der Waals surface area contributed by atoms with Crippen molar-refractivity contribution in [1.82, 2.24) is 10.2 Å². The highest BCUT2D eigenvalue weighted by Gasteiger charge is 2.39. The van der Waals surface area contributed by atoms with Crippen molar-refractivity contribution in [2.75, 3.05) is 19.6 Å². The van der Waals surface area contributed by atoms with Gasteiger partial charge in [-0.05, 0) is 57.0 Å². The first kappa shape index (κ1) is 12.4. The van der Waals surface area contributed by atoms with Gasteiger partial charge in [-0.2, -0.15) is 5.26 Å². The van der Waals surface area contributed by atoms with Gasteiger partial charge in [0.05, 0.1) is 6.07 Å². The molecular weight excluding hydrogens is 222 g/mol. The van der Waals surface area contributed by atoms with Gasteiger partial charge in [-0.3, -0.25) is 0 Å². The fourth-order valence-electron chi connectivity index (χ4n) is 3.55. The topological polar surface area (TPSA) is 39.1 Å². The van der Waals surface area contributed by atoms with Gasteiger partial charge in [-0.1, -0.05) is 6.42 Å². The van der Waals surface area contributed by atoms with Crippen LogP contribution in [0.2, 0.25) is 0 Å². The van der Waals surface area contributed by atoms with Crippen LogP contribution in [-0.4, -0.2) is 36.6 Å². The van der Waals surface area contributed by atoms with Crippen LogP contribution in [-0.2, 0) is 0 Å². The molecule has 1 saturated heterocycles. The summed E-state index contributed by atoms with van der Waals surface area (Å²) in [6.45, 7) is 3.64. The molecule has 3 rings (SSSR count). The third-order valence-electron chi connectivity index (χ3n) is 5.06. The average molecular weight is 247 g/mol. The molecule has 3 nitrogen and oxygen atoms in total. The van der Waals surface area contributed by atoms with Gasteiger partial charge in [0.2, 0.25) is 0 Å². The van der Waals surface area contributed by atoms with Crippen LogP contribution < -0.4 is 5.32 Å². The van der Waals surface area contributed by atoms with Crippen LogP contribution >= 0.6 is 0 Å². The third kappa shape index (κ3) is 2.87. The Morgan fingerprint density at radius 1 is 1.11 bits per heavy atom. The molecule has 3 fully saturated rings. The van der Waals surface area contributed by atoms with E-state index in [4.69, 9.17) is 5.26 Å². The van der Waals surface area contributed by atoms with E-state index in [1.807, 2.05) is 0 Å². The second-order valence-corrected chi connectivity index (χ2v) is 6.68. The van der Waals surface area contributed by atoms with E-state index in [0.717, 1.165) is 18.5 Å². The molecule has 0 aromatic rings. The Morgan fingerprint density at radius 2 is 1.78 bits per heavy atom. The van der Waals surface area contributed by atoms with Crippen LogP contribution in [0.3, 0.4) is 0 Å². The second-order valence-electron chi connectivity index (χ2n) is 6.68. The quantitative estimate of drug-likeness (QED) is 0.810. The molecule has 1 heterocycles. The largest absolute Gasteiger partial charge is 0.311 e. The van der Waals surface area contributed by atoms with Crippen molar-refractivity contribution in [1.29, 1.82) is 5.26 Å². The van der Waals surface area contributed by atoms with Crippen molar-refractivity contribution in [2.45, 2.75) is 63.5 Å².